The Hall–Kier alpha value is -3.52. The molecular weight excluding hydrogens is 414 g/mol. The molecule has 1 aliphatic rings. The van der Waals surface area contributed by atoms with Crippen molar-refractivity contribution >= 4 is 23.4 Å². The van der Waals surface area contributed by atoms with Gasteiger partial charge in [-0.25, -0.2) is 9.79 Å². The van der Waals surface area contributed by atoms with E-state index in [-0.39, 0.29) is 12.2 Å². The summed E-state index contributed by atoms with van der Waals surface area (Å²) in [6.45, 7) is 3.75. The van der Waals surface area contributed by atoms with E-state index >= 15 is 0 Å². The van der Waals surface area contributed by atoms with Crippen LogP contribution in [-0.4, -0.2) is 29.2 Å². The summed E-state index contributed by atoms with van der Waals surface area (Å²) >= 11 is 1.28. The van der Waals surface area contributed by atoms with Crippen LogP contribution >= 0.6 is 11.3 Å². The number of fused-ring (bicyclic) bond motifs is 1. The number of allylic oxidation sites excluding steroid dienone is 1. The third kappa shape index (κ3) is 3.94. The molecule has 3 heterocycles. The van der Waals surface area contributed by atoms with Crippen molar-refractivity contribution in [2.45, 2.75) is 19.9 Å². The smallest absolute Gasteiger partial charge is 0.338 e. The van der Waals surface area contributed by atoms with E-state index in [0.29, 0.717) is 26.4 Å². The maximum atomic E-state index is 13.4. The van der Waals surface area contributed by atoms with Gasteiger partial charge in [0.05, 0.1) is 35.6 Å². The standard InChI is InChI=1S/C23H21N3O4S/c1-4-30-22(28)19-14(2)25-23-26(20(19)16-7-9-17(29-3)10-8-16)21(27)18(31-23)12-15-6-5-11-24-13-15/h5-13,20H,4H2,1-3H3/b18-12+/t20-/m1/s1. The van der Waals surface area contributed by atoms with Crippen molar-refractivity contribution < 1.29 is 14.3 Å². The van der Waals surface area contributed by atoms with E-state index in [4.69, 9.17) is 9.47 Å². The Morgan fingerprint density at radius 3 is 2.68 bits per heavy atom. The monoisotopic (exact) mass is 435 g/mol. The molecule has 8 heteroatoms. The van der Waals surface area contributed by atoms with Crippen LogP contribution in [0.1, 0.15) is 31.0 Å². The highest BCUT2D eigenvalue weighted by atomic mass is 32.1. The molecule has 1 aromatic carbocycles. The van der Waals surface area contributed by atoms with E-state index in [1.807, 2.05) is 24.3 Å². The molecule has 158 valence electrons. The molecule has 31 heavy (non-hydrogen) atoms. The van der Waals surface area contributed by atoms with Crippen molar-refractivity contribution in [2.24, 2.45) is 4.99 Å². The van der Waals surface area contributed by atoms with Gasteiger partial charge in [0, 0.05) is 12.4 Å². The average Bonchev–Trinajstić information content (AvgIpc) is 3.08. The van der Waals surface area contributed by atoms with Crippen molar-refractivity contribution in [1.29, 1.82) is 0 Å². The molecule has 1 aliphatic heterocycles. The second-order valence-electron chi connectivity index (χ2n) is 6.86. The van der Waals surface area contributed by atoms with Crippen molar-refractivity contribution in [3.8, 4) is 5.75 Å². The molecule has 1 atom stereocenters. The first kappa shape index (κ1) is 20.7. The SMILES string of the molecule is CCOC(=O)C1=C(C)N=c2s/c(=C/c3cccnc3)c(=O)n2[C@@H]1c1ccc(OC)cc1. The molecule has 0 aliphatic carbocycles. The molecule has 0 bridgehead atoms. The largest absolute Gasteiger partial charge is 0.497 e. The first-order chi connectivity index (χ1) is 15.0. The van der Waals surface area contributed by atoms with Gasteiger partial charge in [-0.3, -0.25) is 14.3 Å². The van der Waals surface area contributed by atoms with Gasteiger partial charge >= 0.3 is 5.97 Å². The quantitative estimate of drug-likeness (QED) is 0.574. The molecular formula is C23H21N3O4S. The van der Waals surface area contributed by atoms with Gasteiger partial charge in [-0.15, -0.1) is 0 Å². The normalized spacial score (nSPS) is 16.0. The number of carbonyl (C=O) groups is 1. The minimum Gasteiger partial charge on any atom is -0.497 e. The lowest BCUT2D eigenvalue weighted by atomic mass is 9.96. The van der Waals surface area contributed by atoms with Gasteiger partial charge in [0.1, 0.15) is 5.75 Å². The highest BCUT2D eigenvalue weighted by molar-refractivity contribution is 7.07. The van der Waals surface area contributed by atoms with Gasteiger partial charge in [-0.2, -0.15) is 0 Å². The summed E-state index contributed by atoms with van der Waals surface area (Å²) < 4.78 is 12.6. The summed E-state index contributed by atoms with van der Waals surface area (Å²) in [5.74, 6) is 0.206. The number of hydrogen-bond acceptors (Lipinski definition) is 7. The number of rotatable bonds is 5. The molecule has 7 nitrogen and oxygen atoms in total. The zero-order valence-electron chi connectivity index (χ0n) is 17.4. The van der Waals surface area contributed by atoms with Crippen molar-refractivity contribution in [3.63, 3.8) is 0 Å². The van der Waals surface area contributed by atoms with Crippen LogP contribution < -0.4 is 19.6 Å². The van der Waals surface area contributed by atoms with Gasteiger partial charge in [-0.1, -0.05) is 29.5 Å². The van der Waals surface area contributed by atoms with E-state index < -0.39 is 12.0 Å². The van der Waals surface area contributed by atoms with E-state index in [0.717, 1.165) is 11.1 Å². The summed E-state index contributed by atoms with van der Waals surface area (Å²) in [5.41, 5.74) is 2.26. The lowest BCUT2D eigenvalue weighted by molar-refractivity contribution is -0.139. The topological polar surface area (TPSA) is 82.8 Å². The lowest BCUT2D eigenvalue weighted by Crippen LogP contribution is -2.39. The van der Waals surface area contributed by atoms with Crippen molar-refractivity contribution in [3.05, 3.63) is 90.9 Å². The summed E-state index contributed by atoms with van der Waals surface area (Å²) in [4.78, 5) is 35.5. The molecule has 2 aromatic heterocycles. The number of nitrogens with zero attached hydrogens (tertiary/aromatic N) is 3. The molecule has 0 N–H and O–H groups in total. The molecule has 0 radical (unpaired) electrons. The number of pyridine rings is 1. The first-order valence-electron chi connectivity index (χ1n) is 9.77. The number of thiazole rings is 1. The fourth-order valence-corrected chi connectivity index (χ4v) is 4.55. The van der Waals surface area contributed by atoms with Crippen LogP contribution in [-0.2, 0) is 9.53 Å². The number of hydrogen-bond donors (Lipinski definition) is 0. The fraction of sp³-hybridized carbons (Fsp3) is 0.217. The van der Waals surface area contributed by atoms with Gasteiger partial charge < -0.3 is 9.47 Å². The second-order valence-corrected chi connectivity index (χ2v) is 7.87. The third-order valence-electron chi connectivity index (χ3n) is 4.93. The summed E-state index contributed by atoms with van der Waals surface area (Å²) in [6.07, 6.45) is 5.15. The number of benzene rings is 1. The summed E-state index contributed by atoms with van der Waals surface area (Å²) in [7, 11) is 1.59. The van der Waals surface area contributed by atoms with Crippen LogP contribution in [0.5, 0.6) is 5.75 Å². The Labute approximate surface area is 182 Å². The molecule has 4 rings (SSSR count). The maximum Gasteiger partial charge on any atom is 0.338 e. The Balaban J connectivity index is 1.95. The highest BCUT2D eigenvalue weighted by Gasteiger charge is 2.33. The van der Waals surface area contributed by atoms with Gasteiger partial charge in [0.2, 0.25) is 0 Å². The van der Waals surface area contributed by atoms with Gasteiger partial charge in [-0.05, 0) is 49.2 Å². The number of aromatic nitrogens is 2. The molecule has 0 unspecified atom stereocenters. The lowest BCUT2D eigenvalue weighted by Gasteiger charge is -2.24. The number of esters is 1. The van der Waals surface area contributed by atoms with Gasteiger partial charge in [0.15, 0.2) is 4.80 Å². The molecule has 0 spiro atoms. The number of methoxy groups -OCH3 is 1. The highest BCUT2D eigenvalue weighted by Crippen LogP contribution is 2.31. The van der Waals surface area contributed by atoms with E-state index in [9.17, 15) is 9.59 Å². The zero-order valence-corrected chi connectivity index (χ0v) is 18.2. The van der Waals surface area contributed by atoms with E-state index in [1.54, 1.807) is 56.1 Å². The van der Waals surface area contributed by atoms with Crippen LogP contribution in [0, 0.1) is 0 Å². The van der Waals surface area contributed by atoms with Crippen molar-refractivity contribution in [2.75, 3.05) is 13.7 Å². The summed E-state index contributed by atoms with van der Waals surface area (Å²) in [6, 6.07) is 10.3. The van der Waals surface area contributed by atoms with E-state index in [2.05, 4.69) is 9.98 Å². The zero-order chi connectivity index (χ0) is 22.0. The predicted octanol–water partition coefficient (Wildman–Crippen LogP) is 2.20. The minimum absolute atomic E-state index is 0.220. The number of ether oxygens (including phenoxy) is 2. The predicted molar refractivity (Wildman–Crippen MR) is 118 cm³/mol. The average molecular weight is 436 g/mol. The Kier molecular flexibility index (Phi) is 5.81. The number of carbonyl (C=O) groups excluding carboxylic acids is 1. The molecule has 0 saturated carbocycles. The van der Waals surface area contributed by atoms with Crippen molar-refractivity contribution in [1.82, 2.24) is 9.55 Å². The molecule has 3 aromatic rings. The van der Waals surface area contributed by atoms with Gasteiger partial charge in [0.25, 0.3) is 5.56 Å². The van der Waals surface area contributed by atoms with Crippen LogP contribution in [0.3, 0.4) is 0 Å². The second kappa shape index (κ2) is 8.69. The fourth-order valence-electron chi connectivity index (χ4n) is 3.51. The maximum absolute atomic E-state index is 13.4. The summed E-state index contributed by atoms with van der Waals surface area (Å²) in [5, 5.41) is 0. The first-order valence-corrected chi connectivity index (χ1v) is 10.6. The Morgan fingerprint density at radius 2 is 2.03 bits per heavy atom. The minimum atomic E-state index is -0.641. The third-order valence-corrected chi connectivity index (χ3v) is 5.91. The molecule has 0 saturated heterocycles. The van der Waals surface area contributed by atoms with Crippen LogP contribution in [0.4, 0.5) is 0 Å². The van der Waals surface area contributed by atoms with Crippen LogP contribution in [0.25, 0.3) is 6.08 Å². The molecule has 0 amide bonds. The van der Waals surface area contributed by atoms with Crippen LogP contribution in [0.2, 0.25) is 0 Å². The van der Waals surface area contributed by atoms with Crippen LogP contribution in [0.15, 0.2) is 69.8 Å². The Morgan fingerprint density at radius 1 is 1.26 bits per heavy atom. The Bertz CT molecular complexity index is 1320. The van der Waals surface area contributed by atoms with E-state index in [1.165, 1.54) is 11.3 Å². The molecule has 0 fully saturated rings.